The number of carboxylic acids is 1. The average molecular weight is 326 g/mol. The van der Waals surface area contributed by atoms with Crippen molar-refractivity contribution in [2.45, 2.75) is 10.1 Å². The van der Waals surface area contributed by atoms with Crippen molar-refractivity contribution >= 4 is 23.6 Å². The van der Waals surface area contributed by atoms with Crippen LogP contribution in [0.15, 0.2) is 59.5 Å². The lowest BCUT2D eigenvalue weighted by Crippen LogP contribution is -2.26. The zero-order valence-electron chi connectivity index (χ0n) is 12.0. The van der Waals surface area contributed by atoms with E-state index in [2.05, 4.69) is 0 Å². The Morgan fingerprint density at radius 1 is 1.09 bits per heavy atom. The van der Waals surface area contributed by atoms with Gasteiger partial charge >= 0.3 is 5.97 Å². The fourth-order valence-electron chi connectivity index (χ4n) is 2.07. The summed E-state index contributed by atoms with van der Waals surface area (Å²) in [5, 5.41) is 17.7. The van der Waals surface area contributed by atoms with Crippen LogP contribution in [0, 0.1) is 17.2 Å². The van der Waals surface area contributed by atoms with Crippen molar-refractivity contribution in [2.24, 2.45) is 11.7 Å². The van der Waals surface area contributed by atoms with Gasteiger partial charge in [0.1, 0.15) is 5.92 Å². The SMILES string of the molecule is N#CC(C(N)=O)C(Sc1ccc(C(=O)O)cc1)c1ccccc1. The van der Waals surface area contributed by atoms with Crippen molar-refractivity contribution in [2.75, 3.05) is 0 Å². The molecule has 0 aliphatic carbocycles. The van der Waals surface area contributed by atoms with E-state index in [0.29, 0.717) is 0 Å². The molecule has 0 saturated carbocycles. The van der Waals surface area contributed by atoms with Gasteiger partial charge in [-0.05, 0) is 29.8 Å². The molecule has 0 spiro atoms. The second kappa shape index (κ2) is 7.47. The lowest BCUT2D eigenvalue weighted by atomic mass is 9.99. The fourth-order valence-corrected chi connectivity index (χ4v) is 3.29. The number of benzene rings is 2. The molecule has 2 atom stereocenters. The molecule has 23 heavy (non-hydrogen) atoms. The van der Waals surface area contributed by atoms with Crippen molar-refractivity contribution in [1.82, 2.24) is 0 Å². The molecule has 0 heterocycles. The Hall–Kier alpha value is -2.78. The van der Waals surface area contributed by atoms with Gasteiger partial charge in [-0.15, -0.1) is 11.8 Å². The van der Waals surface area contributed by atoms with Crippen LogP contribution in [0.5, 0.6) is 0 Å². The van der Waals surface area contributed by atoms with Crippen molar-refractivity contribution < 1.29 is 14.7 Å². The maximum absolute atomic E-state index is 11.6. The van der Waals surface area contributed by atoms with Gasteiger partial charge in [0, 0.05) is 4.90 Å². The van der Waals surface area contributed by atoms with Crippen LogP contribution >= 0.6 is 11.8 Å². The van der Waals surface area contributed by atoms with E-state index >= 15 is 0 Å². The van der Waals surface area contributed by atoms with Crippen molar-refractivity contribution in [3.05, 3.63) is 65.7 Å². The van der Waals surface area contributed by atoms with Gasteiger partial charge in [0.15, 0.2) is 0 Å². The average Bonchev–Trinajstić information content (AvgIpc) is 2.55. The summed E-state index contributed by atoms with van der Waals surface area (Å²) in [5.41, 5.74) is 6.34. The van der Waals surface area contributed by atoms with Crippen LogP contribution < -0.4 is 5.73 Å². The Labute approximate surface area is 137 Å². The number of carbonyl (C=O) groups is 2. The molecule has 0 radical (unpaired) electrons. The van der Waals surface area contributed by atoms with Crippen LogP contribution in [0.2, 0.25) is 0 Å². The molecule has 116 valence electrons. The van der Waals surface area contributed by atoms with Crippen LogP contribution in [-0.4, -0.2) is 17.0 Å². The molecule has 0 bridgehead atoms. The van der Waals surface area contributed by atoms with E-state index in [1.54, 1.807) is 12.1 Å². The fraction of sp³-hybridized carbons (Fsp3) is 0.118. The second-order valence-corrected chi connectivity index (χ2v) is 6.00. The maximum atomic E-state index is 11.6. The summed E-state index contributed by atoms with van der Waals surface area (Å²) in [6.45, 7) is 0. The predicted octanol–water partition coefficient (Wildman–Crippen LogP) is 2.84. The minimum Gasteiger partial charge on any atom is -0.478 e. The largest absolute Gasteiger partial charge is 0.478 e. The zero-order chi connectivity index (χ0) is 16.8. The first-order valence-corrected chi connectivity index (χ1v) is 7.65. The van der Waals surface area contributed by atoms with Gasteiger partial charge in [-0.25, -0.2) is 4.79 Å². The number of hydrogen-bond donors (Lipinski definition) is 2. The summed E-state index contributed by atoms with van der Waals surface area (Å²) in [5.74, 6) is -2.68. The third kappa shape index (κ3) is 4.11. The Morgan fingerprint density at radius 2 is 1.70 bits per heavy atom. The number of thioether (sulfide) groups is 1. The molecular weight excluding hydrogens is 312 g/mol. The van der Waals surface area contributed by atoms with E-state index in [4.69, 9.17) is 10.8 Å². The monoisotopic (exact) mass is 326 g/mol. The number of rotatable bonds is 6. The van der Waals surface area contributed by atoms with Crippen molar-refractivity contribution in [1.29, 1.82) is 5.26 Å². The molecule has 0 fully saturated rings. The Kier molecular flexibility index (Phi) is 5.39. The van der Waals surface area contributed by atoms with Crippen molar-refractivity contribution in [3.8, 4) is 6.07 Å². The van der Waals surface area contributed by atoms with Crippen molar-refractivity contribution in [3.63, 3.8) is 0 Å². The molecule has 0 aliphatic rings. The highest BCUT2D eigenvalue weighted by Gasteiger charge is 2.29. The third-order valence-electron chi connectivity index (χ3n) is 3.24. The number of nitrogens with two attached hydrogens (primary N) is 1. The minimum atomic E-state index is -1.01. The molecule has 0 saturated heterocycles. The van der Waals surface area contributed by atoms with Gasteiger partial charge in [0.25, 0.3) is 0 Å². The molecule has 2 rings (SSSR count). The van der Waals surface area contributed by atoms with E-state index < -0.39 is 23.0 Å². The first-order chi connectivity index (χ1) is 11.0. The molecule has 5 nitrogen and oxygen atoms in total. The Balaban J connectivity index is 2.33. The molecule has 2 unspecified atom stereocenters. The smallest absolute Gasteiger partial charge is 0.335 e. The highest BCUT2D eigenvalue weighted by atomic mass is 32.2. The summed E-state index contributed by atoms with van der Waals surface area (Å²) in [7, 11) is 0. The van der Waals surface area contributed by atoms with Crippen LogP contribution in [0.4, 0.5) is 0 Å². The number of amides is 1. The molecule has 0 aromatic heterocycles. The number of carboxylic acid groups (broad SMARTS) is 1. The summed E-state index contributed by atoms with van der Waals surface area (Å²) in [4.78, 5) is 23.2. The summed E-state index contributed by atoms with van der Waals surface area (Å²) in [6.07, 6.45) is 0. The highest BCUT2D eigenvalue weighted by molar-refractivity contribution is 7.99. The Morgan fingerprint density at radius 3 is 2.17 bits per heavy atom. The standard InChI is InChI=1S/C17H14N2O3S/c18-10-14(16(19)20)15(11-4-2-1-3-5-11)23-13-8-6-12(7-9-13)17(21)22/h1-9,14-15H,(H2,19,20)(H,21,22). The number of nitriles is 1. The molecule has 2 aromatic carbocycles. The van der Waals surface area contributed by atoms with Gasteiger partial charge in [-0.2, -0.15) is 5.26 Å². The highest BCUT2D eigenvalue weighted by Crippen LogP contribution is 2.40. The van der Waals surface area contributed by atoms with Gasteiger partial charge in [0.2, 0.25) is 5.91 Å². The lowest BCUT2D eigenvalue weighted by Gasteiger charge is -2.20. The van der Waals surface area contributed by atoms with E-state index in [1.807, 2.05) is 36.4 Å². The number of aromatic carboxylic acids is 1. The number of primary amides is 1. The minimum absolute atomic E-state index is 0.178. The third-order valence-corrected chi connectivity index (χ3v) is 4.58. The van der Waals surface area contributed by atoms with Gasteiger partial charge < -0.3 is 10.8 Å². The molecule has 1 amide bonds. The number of hydrogen-bond acceptors (Lipinski definition) is 4. The van der Waals surface area contributed by atoms with Gasteiger partial charge in [-0.1, -0.05) is 30.3 Å². The molecule has 2 aromatic rings. The second-order valence-electron chi connectivity index (χ2n) is 4.79. The Bertz CT molecular complexity index is 739. The number of nitrogens with zero attached hydrogens (tertiary/aromatic N) is 1. The van der Waals surface area contributed by atoms with Gasteiger partial charge in [-0.3, -0.25) is 4.79 Å². The van der Waals surface area contributed by atoms with E-state index in [1.165, 1.54) is 23.9 Å². The quantitative estimate of drug-likeness (QED) is 0.794. The molecule has 0 aliphatic heterocycles. The number of carbonyl (C=O) groups excluding carboxylic acids is 1. The van der Waals surface area contributed by atoms with E-state index in [9.17, 15) is 14.9 Å². The molecular formula is C17H14N2O3S. The summed E-state index contributed by atoms with van der Waals surface area (Å²) < 4.78 is 0. The first kappa shape index (κ1) is 16.6. The van der Waals surface area contributed by atoms with Crippen LogP contribution in [0.1, 0.15) is 21.2 Å². The van der Waals surface area contributed by atoms with Crippen LogP contribution in [0.3, 0.4) is 0 Å². The zero-order valence-corrected chi connectivity index (χ0v) is 12.9. The van der Waals surface area contributed by atoms with Crippen LogP contribution in [0.25, 0.3) is 0 Å². The predicted molar refractivity (Wildman–Crippen MR) is 86.7 cm³/mol. The lowest BCUT2D eigenvalue weighted by molar-refractivity contribution is -0.120. The molecule has 3 N–H and O–H groups in total. The molecule has 6 heteroatoms. The van der Waals surface area contributed by atoms with E-state index in [-0.39, 0.29) is 5.56 Å². The maximum Gasteiger partial charge on any atom is 0.335 e. The van der Waals surface area contributed by atoms with Crippen LogP contribution in [-0.2, 0) is 4.79 Å². The summed E-state index contributed by atoms with van der Waals surface area (Å²) in [6, 6.07) is 17.4. The summed E-state index contributed by atoms with van der Waals surface area (Å²) >= 11 is 1.31. The van der Waals surface area contributed by atoms with E-state index in [0.717, 1.165) is 10.5 Å². The van der Waals surface area contributed by atoms with Gasteiger partial charge in [0.05, 0.1) is 16.9 Å². The normalized spacial score (nSPS) is 12.8. The topological polar surface area (TPSA) is 104 Å². The first-order valence-electron chi connectivity index (χ1n) is 6.77.